The predicted octanol–water partition coefficient (Wildman–Crippen LogP) is 5.15. The van der Waals surface area contributed by atoms with Gasteiger partial charge in [0.05, 0.1) is 17.2 Å². The van der Waals surface area contributed by atoms with Gasteiger partial charge in [0.1, 0.15) is 18.3 Å². The van der Waals surface area contributed by atoms with E-state index < -0.39 is 28.5 Å². The largest absolute Gasteiger partial charge is 0.492 e. The first kappa shape index (κ1) is 30.1. The fourth-order valence-corrected chi connectivity index (χ4v) is 6.55. The van der Waals surface area contributed by atoms with Gasteiger partial charge >= 0.3 is 0 Å². The monoisotopic (exact) mass is 577 g/mol. The number of amides is 2. The molecule has 2 amide bonds. The van der Waals surface area contributed by atoms with E-state index in [1.807, 2.05) is 37.3 Å². The zero-order valence-corrected chi connectivity index (χ0v) is 24.6. The maximum atomic E-state index is 14.1. The van der Waals surface area contributed by atoms with Gasteiger partial charge in [-0.05, 0) is 56.5 Å². The summed E-state index contributed by atoms with van der Waals surface area (Å²) >= 11 is 0. The summed E-state index contributed by atoms with van der Waals surface area (Å²) in [5.74, 6) is -0.390. The van der Waals surface area contributed by atoms with E-state index in [0.29, 0.717) is 12.4 Å². The molecule has 41 heavy (non-hydrogen) atoms. The molecule has 0 saturated heterocycles. The molecule has 1 N–H and O–H groups in total. The third-order valence-electron chi connectivity index (χ3n) is 7.36. The number of ether oxygens (including phenoxy) is 1. The van der Waals surface area contributed by atoms with Gasteiger partial charge < -0.3 is 15.0 Å². The highest BCUT2D eigenvalue weighted by Crippen LogP contribution is 2.33. The summed E-state index contributed by atoms with van der Waals surface area (Å²) in [6.07, 6.45) is 5.13. The lowest BCUT2D eigenvalue weighted by Gasteiger charge is -2.33. The molecule has 4 rings (SSSR count). The number of benzene rings is 3. The SMILES string of the molecule is CCOc1ccccc1N(CC(=O)N(Cc1ccccc1)[C@H](C)C(=O)NC1CCCCC1)S(=O)(=O)c1ccccc1. The molecule has 1 saturated carbocycles. The molecule has 0 spiro atoms. The zero-order chi connectivity index (χ0) is 29.2. The van der Waals surface area contributed by atoms with Crippen molar-refractivity contribution < 1.29 is 22.7 Å². The Morgan fingerprint density at radius 3 is 2.17 bits per heavy atom. The van der Waals surface area contributed by atoms with Crippen LogP contribution in [0.2, 0.25) is 0 Å². The van der Waals surface area contributed by atoms with Crippen LogP contribution in [-0.2, 0) is 26.2 Å². The minimum absolute atomic E-state index is 0.0526. The summed E-state index contributed by atoms with van der Waals surface area (Å²) in [7, 11) is -4.16. The number of nitrogens with zero attached hydrogens (tertiary/aromatic N) is 2. The summed E-state index contributed by atoms with van der Waals surface area (Å²) in [6.45, 7) is 3.48. The van der Waals surface area contributed by atoms with E-state index in [2.05, 4.69) is 5.32 Å². The smallest absolute Gasteiger partial charge is 0.264 e. The molecule has 1 fully saturated rings. The molecular formula is C32H39N3O5S. The van der Waals surface area contributed by atoms with Crippen LogP contribution in [0.1, 0.15) is 51.5 Å². The van der Waals surface area contributed by atoms with Gasteiger partial charge in [-0.3, -0.25) is 13.9 Å². The first-order chi connectivity index (χ1) is 19.8. The molecular weight excluding hydrogens is 538 g/mol. The van der Waals surface area contributed by atoms with Crippen molar-refractivity contribution in [2.75, 3.05) is 17.5 Å². The van der Waals surface area contributed by atoms with Crippen LogP contribution in [0.15, 0.2) is 89.8 Å². The average Bonchev–Trinajstić information content (AvgIpc) is 3.00. The molecule has 0 heterocycles. The second-order valence-electron chi connectivity index (χ2n) is 10.3. The van der Waals surface area contributed by atoms with Crippen molar-refractivity contribution in [3.63, 3.8) is 0 Å². The molecule has 3 aromatic carbocycles. The number of hydrogen-bond acceptors (Lipinski definition) is 5. The van der Waals surface area contributed by atoms with E-state index in [0.717, 1.165) is 42.0 Å². The third-order valence-corrected chi connectivity index (χ3v) is 9.13. The molecule has 218 valence electrons. The molecule has 1 aliphatic carbocycles. The number of carbonyl (C=O) groups excluding carboxylic acids is 2. The van der Waals surface area contributed by atoms with E-state index in [1.165, 1.54) is 17.0 Å². The highest BCUT2D eigenvalue weighted by atomic mass is 32.2. The van der Waals surface area contributed by atoms with Crippen molar-refractivity contribution in [3.05, 3.63) is 90.5 Å². The number of carbonyl (C=O) groups is 2. The zero-order valence-electron chi connectivity index (χ0n) is 23.7. The van der Waals surface area contributed by atoms with E-state index in [4.69, 9.17) is 4.74 Å². The van der Waals surface area contributed by atoms with E-state index in [9.17, 15) is 18.0 Å². The molecule has 0 bridgehead atoms. The highest BCUT2D eigenvalue weighted by Gasteiger charge is 2.34. The number of rotatable bonds is 12. The van der Waals surface area contributed by atoms with Crippen molar-refractivity contribution >= 4 is 27.5 Å². The van der Waals surface area contributed by atoms with Crippen molar-refractivity contribution in [3.8, 4) is 5.75 Å². The number of sulfonamides is 1. The van der Waals surface area contributed by atoms with E-state index in [1.54, 1.807) is 49.4 Å². The number of anilines is 1. The Balaban J connectivity index is 1.69. The van der Waals surface area contributed by atoms with Gasteiger partial charge in [-0.15, -0.1) is 0 Å². The van der Waals surface area contributed by atoms with Gasteiger partial charge in [0.15, 0.2) is 0 Å². The Morgan fingerprint density at radius 2 is 1.51 bits per heavy atom. The summed E-state index contributed by atoms with van der Waals surface area (Å²) in [5.41, 5.74) is 1.09. The van der Waals surface area contributed by atoms with Gasteiger partial charge in [0, 0.05) is 12.6 Å². The van der Waals surface area contributed by atoms with Crippen LogP contribution in [0, 0.1) is 0 Å². The Kier molecular flexibility index (Phi) is 10.4. The molecule has 0 radical (unpaired) electrons. The lowest BCUT2D eigenvalue weighted by Crippen LogP contribution is -2.53. The highest BCUT2D eigenvalue weighted by molar-refractivity contribution is 7.92. The topological polar surface area (TPSA) is 96.0 Å². The van der Waals surface area contributed by atoms with Crippen LogP contribution >= 0.6 is 0 Å². The van der Waals surface area contributed by atoms with Gasteiger partial charge in [-0.1, -0.05) is 79.9 Å². The number of para-hydroxylation sites is 2. The molecule has 8 nitrogen and oxygen atoms in total. The number of nitrogens with one attached hydrogen (secondary N) is 1. The average molecular weight is 578 g/mol. The Hall–Kier alpha value is -3.85. The summed E-state index contributed by atoms with van der Waals surface area (Å²) in [4.78, 5) is 29.0. The van der Waals surface area contributed by atoms with E-state index >= 15 is 0 Å². The molecule has 0 unspecified atom stereocenters. The summed E-state index contributed by atoms with van der Waals surface area (Å²) in [5, 5.41) is 3.12. The number of hydrogen-bond donors (Lipinski definition) is 1. The summed E-state index contributed by atoms with van der Waals surface area (Å²) < 4.78 is 34.8. The predicted molar refractivity (Wildman–Crippen MR) is 160 cm³/mol. The maximum absolute atomic E-state index is 14.1. The van der Waals surface area contributed by atoms with Gasteiger partial charge in [0.2, 0.25) is 11.8 Å². The molecule has 0 aromatic heterocycles. The van der Waals surface area contributed by atoms with Gasteiger partial charge in [0.25, 0.3) is 10.0 Å². The quantitative estimate of drug-likeness (QED) is 0.321. The van der Waals surface area contributed by atoms with Crippen LogP contribution in [0.3, 0.4) is 0 Å². The van der Waals surface area contributed by atoms with Crippen LogP contribution in [-0.4, -0.2) is 50.4 Å². The lowest BCUT2D eigenvalue weighted by atomic mass is 9.95. The third kappa shape index (κ3) is 7.67. The Labute approximate surface area is 243 Å². The second kappa shape index (κ2) is 14.2. The Morgan fingerprint density at radius 1 is 0.902 bits per heavy atom. The fourth-order valence-electron chi connectivity index (χ4n) is 5.11. The molecule has 3 aromatic rings. The van der Waals surface area contributed by atoms with Crippen LogP contribution in [0.5, 0.6) is 5.75 Å². The molecule has 9 heteroatoms. The van der Waals surface area contributed by atoms with Crippen molar-refractivity contribution in [1.82, 2.24) is 10.2 Å². The molecule has 1 aliphatic rings. The van der Waals surface area contributed by atoms with Crippen LogP contribution in [0.4, 0.5) is 5.69 Å². The fraction of sp³-hybridized carbons (Fsp3) is 0.375. The normalized spacial score (nSPS) is 14.6. The van der Waals surface area contributed by atoms with Crippen molar-refractivity contribution in [2.24, 2.45) is 0 Å². The second-order valence-corrected chi connectivity index (χ2v) is 12.1. The summed E-state index contributed by atoms with van der Waals surface area (Å²) in [6, 6.07) is 23.4. The Bertz CT molecular complexity index is 1390. The molecule has 1 atom stereocenters. The minimum Gasteiger partial charge on any atom is -0.492 e. The van der Waals surface area contributed by atoms with Crippen LogP contribution < -0.4 is 14.4 Å². The van der Waals surface area contributed by atoms with E-state index in [-0.39, 0.29) is 29.1 Å². The lowest BCUT2D eigenvalue weighted by molar-refractivity contribution is -0.139. The van der Waals surface area contributed by atoms with Crippen molar-refractivity contribution in [1.29, 1.82) is 0 Å². The van der Waals surface area contributed by atoms with Gasteiger partial charge in [-0.2, -0.15) is 0 Å². The first-order valence-electron chi connectivity index (χ1n) is 14.2. The first-order valence-corrected chi connectivity index (χ1v) is 15.7. The van der Waals surface area contributed by atoms with Crippen molar-refractivity contribution in [2.45, 2.75) is 69.5 Å². The molecule has 0 aliphatic heterocycles. The minimum atomic E-state index is -4.16. The standard InChI is InChI=1S/C32H39N3O5S/c1-3-40-30-22-14-13-21-29(30)35(41(38,39)28-19-11-6-12-20-28)24-31(36)34(23-26-15-7-4-8-16-26)25(2)32(37)33-27-17-9-5-10-18-27/h4,6-8,11-16,19-22,25,27H,3,5,9-10,17-18,23-24H2,1-2H3,(H,33,37)/t25-/m1/s1. The van der Waals surface area contributed by atoms with Crippen LogP contribution in [0.25, 0.3) is 0 Å². The van der Waals surface area contributed by atoms with Gasteiger partial charge in [-0.25, -0.2) is 8.42 Å². The maximum Gasteiger partial charge on any atom is 0.264 e.